The fraction of sp³-hybridized carbons (Fsp3) is 0.632. The molecule has 1 saturated heterocycles. The Bertz CT molecular complexity index is 491. The second-order valence-corrected chi connectivity index (χ2v) is 6.55. The maximum Gasteiger partial charge on any atom is 0.191 e. The molecule has 1 aromatic carbocycles. The Morgan fingerprint density at radius 1 is 1.32 bits per heavy atom. The van der Waals surface area contributed by atoms with Crippen molar-refractivity contribution in [2.75, 3.05) is 33.8 Å². The van der Waals surface area contributed by atoms with Gasteiger partial charge >= 0.3 is 0 Å². The van der Waals surface area contributed by atoms with Crippen molar-refractivity contribution in [3.63, 3.8) is 0 Å². The molecular weight excluding hydrogens is 427 g/mol. The number of aliphatic imine (C=N–C) groups is 1. The molecule has 0 aliphatic carbocycles. The highest BCUT2D eigenvalue weighted by atomic mass is 127. The highest BCUT2D eigenvalue weighted by Gasteiger charge is 2.15. The van der Waals surface area contributed by atoms with Gasteiger partial charge in [0, 0.05) is 39.3 Å². The summed E-state index contributed by atoms with van der Waals surface area (Å²) in [5, 5.41) is 6.75. The van der Waals surface area contributed by atoms with Crippen molar-refractivity contribution >= 4 is 29.9 Å². The van der Waals surface area contributed by atoms with E-state index in [1.807, 2.05) is 7.05 Å². The number of hydrogen-bond acceptors (Lipinski definition) is 3. The van der Waals surface area contributed by atoms with E-state index in [0.29, 0.717) is 12.1 Å². The van der Waals surface area contributed by atoms with Crippen LogP contribution in [0.4, 0.5) is 0 Å². The fourth-order valence-electron chi connectivity index (χ4n) is 2.88. The van der Waals surface area contributed by atoms with Crippen LogP contribution in [0.25, 0.3) is 0 Å². The van der Waals surface area contributed by atoms with Crippen molar-refractivity contribution in [1.29, 1.82) is 0 Å². The number of nitrogens with zero attached hydrogens (tertiary/aromatic N) is 2. The monoisotopic (exact) mass is 460 g/mol. The molecule has 6 heteroatoms. The molecule has 0 amide bonds. The summed E-state index contributed by atoms with van der Waals surface area (Å²) in [7, 11) is 4.00. The lowest BCUT2D eigenvalue weighted by molar-refractivity contribution is 0.114. The highest BCUT2D eigenvalue weighted by Crippen LogP contribution is 2.10. The standard InChI is InChI=1S/C19H32N4O.HI/c1-16(23(3)15-17-8-5-4-6-9-17)11-12-21-19(20-2)22-14-18-10-7-13-24-18;/h4-6,8-9,16,18H,7,10-15H2,1-3H3,(H2,20,21,22);1H. The lowest BCUT2D eigenvalue weighted by atomic mass is 10.1. The summed E-state index contributed by atoms with van der Waals surface area (Å²) in [6.07, 6.45) is 3.72. The van der Waals surface area contributed by atoms with Gasteiger partial charge in [-0.3, -0.25) is 9.89 Å². The first-order chi connectivity index (χ1) is 11.7. The van der Waals surface area contributed by atoms with Gasteiger partial charge in [-0.1, -0.05) is 30.3 Å². The molecule has 25 heavy (non-hydrogen) atoms. The van der Waals surface area contributed by atoms with Crippen LogP contribution in [0.15, 0.2) is 35.3 Å². The van der Waals surface area contributed by atoms with Crippen molar-refractivity contribution in [2.24, 2.45) is 4.99 Å². The molecule has 2 rings (SSSR count). The van der Waals surface area contributed by atoms with Gasteiger partial charge in [-0.2, -0.15) is 0 Å². The Balaban J connectivity index is 0.00000312. The first kappa shape index (κ1) is 22.2. The van der Waals surface area contributed by atoms with Crippen LogP contribution in [0.1, 0.15) is 31.7 Å². The summed E-state index contributed by atoms with van der Waals surface area (Å²) in [5.41, 5.74) is 1.36. The zero-order valence-corrected chi connectivity index (χ0v) is 18.0. The minimum atomic E-state index is 0. The van der Waals surface area contributed by atoms with Gasteiger partial charge in [-0.15, -0.1) is 24.0 Å². The van der Waals surface area contributed by atoms with Gasteiger partial charge < -0.3 is 15.4 Å². The number of hydrogen-bond donors (Lipinski definition) is 2. The lowest BCUT2D eigenvalue weighted by Gasteiger charge is -2.25. The Morgan fingerprint density at radius 2 is 2.08 bits per heavy atom. The molecule has 1 fully saturated rings. The highest BCUT2D eigenvalue weighted by molar-refractivity contribution is 14.0. The molecule has 2 unspecified atom stereocenters. The van der Waals surface area contributed by atoms with Gasteiger partial charge in [0.25, 0.3) is 0 Å². The molecule has 1 aromatic rings. The summed E-state index contributed by atoms with van der Waals surface area (Å²) in [5.74, 6) is 0.864. The maximum absolute atomic E-state index is 5.63. The fourth-order valence-corrected chi connectivity index (χ4v) is 2.88. The van der Waals surface area contributed by atoms with Crippen molar-refractivity contribution in [1.82, 2.24) is 15.5 Å². The van der Waals surface area contributed by atoms with E-state index in [1.165, 1.54) is 12.0 Å². The number of guanidine groups is 1. The molecule has 0 spiro atoms. The van der Waals surface area contributed by atoms with E-state index in [2.05, 4.69) is 64.8 Å². The zero-order valence-electron chi connectivity index (χ0n) is 15.7. The molecular formula is C19H33IN4O. The van der Waals surface area contributed by atoms with Gasteiger partial charge in [0.2, 0.25) is 0 Å². The maximum atomic E-state index is 5.63. The Labute approximate surface area is 169 Å². The normalized spacial score (nSPS) is 18.7. The number of halogens is 1. The molecule has 2 atom stereocenters. The third-order valence-corrected chi connectivity index (χ3v) is 4.63. The van der Waals surface area contributed by atoms with Crippen LogP contribution >= 0.6 is 24.0 Å². The summed E-state index contributed by atoms with van der Waals surface area (Å²) < 4.78 is 5.63. The quantitative estimate of drug-likeness (QED) is 0.356. The van der Waals surface area contributed by atoms with Gasteiger partial charge in [-0.25, -0.2) is 0 Å². The largest absolute Gasteiger partial charge is 0.376 e. The predicted molar refractivity (Wildman–Crippen MR) is 116 cm³/mol. The summed E-state index contributed by atoms with van der Waals surface area (Å²) in [4.78, 5) is 6.67. The Morgan fingerprint density at radius 3 is 2.72 bits per heavy atom. The van der Waals surface area contributed by atoms with Gasteiger partial charge in [0.1, 0.15) is 0 Å². The van der Waals surface area contributed by atoms with Crippen LogP contribution in [0.5, 0.6) is 0 Å². The van der Waals surface area contributed by atoms with E-state index in [1.54, 1.807) is 0 Å². The molecule has 5 nitrogen and oxygen atoms in total. The average molecular weight is 460 g/mol. The van der Waals surface area contributed by atoms with Crippen LogP contribution < -0.4 is 10.6 Å². The molecule has 1 heterocycles. The summed E-state index contributed by atoms with van der Waals surface area (Å²) in [6, 6.07) is 11.1. The summed E-state index contributed by atoms with van der Waals surface area (Å²) >= 11 is 0. The molecule has 0 radical (unpaired) electrons. The van der Waals surface area contributed by atoms with Crippen LogP contribution in [0.2, 0.25) is 0 Å². The van der Waals surface area contributed by atoms with Gasteiger partial charge in [0.05, 0.1) is 6.10 Å². The van der Waals surface area contributed by atoms with Crippen molar-refractivity contribution < 1.29 is 4.74 Å². The second-order valence-electron chi connectivity index (χ2n) is 6.55. The molecule has 0 bridgehead atoms. The average Bonchev–Trinajstić information content (AvgIpc) is 3.12. The molecule has 142 valence electrons. The second kappa shape index (κ2) is 12.5. The van der Waals surface area contributed by atoms with E-state index >= 15 is 0 Å². The molecule has 0 saturated carbocycles. The number of rotatable bonds is 8. The molecule has 2 N–H and O–H groups in total. The zero-order chi connectivity index (χ0) is 17.2. The van der Waals surface area contributed by atoms with E-state index in [4.69, 9.17) is 4.74 Å². The molecule has 1 aliphatic rings. The van der Waals surface area contributed by atoms with E-state index in [0.717, 1.165) is 45.0 Å². The van der Waals surface area contributed by atoms with E-state index in [9.17, 15) is 0 Å². The third kappa shape index (κ3) is 8.37. The van der Waals surface area contributed by atoms with Crippen LogP contribution in [0.3, 0.4) is 0 Å². The number of benzene rings is 1. The number of nitrogens with one attached hydrogen (secondary N) is 2. The predicted octanol–water partition coefficient (Wildman–Crippen LogP) is 2.86. The topological polar surface area (TPSA) is 48.9 Å². The van der Waals surface area contributed by atoms with Crippen LogP contribution in [-0.4, -0.2) is 56.8 Å². The van der Waals surface area contributed by atoms with Gasteiger partial charge in [-0.05, 0) is 38.8 Å². The smallest absolute Gasteiger partial charge is 0.191 e. The van der Waals surface area contributed by atoms with Crippen molar-refractivity contribution in [3.8, 4) is 0 Å². The van der Waals surface area contributed by atoms with E-state index < -0.39 is 0 Å². The molecule has 0 aromatic heterocycles. The Hall–Kier alpha value is -0.860. The molecule has 1 aliphatic heterocycles. The lowest BCUT2D eigenvalue weighted by Crippen LogP contribution is -2.42. The van der Waals surface area contributed by atoms with Gasteiger partial charge in [0.15, 0.2) is 5.96 Å². The minimum absolute atomic E-state index is 0. The number of ether oxygens (including phenoxy) is 1. The van der Waals surface area contributed by atoms with Crippen molar-refractivity contribution in [2.45, 2.75) is 44.9 Å². The Kier molecular flexibility index (Phi) is 11.1. The summed E-state index contributed by atoms with van der Waals surface area (Å²) in [6.45, 7) is 5.89. The minimum Gasteiger partial charge on any atom is -0.376 e. The SMILES string of the molecule is CN=C(NCCC(C)N(C)Cc1ccccc1)NCC1CCCO1.I. The first-order valence-corrected chi connectivity index (χ1v) is 8.99. The van der Waals surface area contributed by atoms with Crippen molar-refractivity contribution in [3.05, 3.63) is 35.9 Å². The van der Waals surface area contributed by atoms with Crippen LogP contribution in [0, 0.1) is 0 Å². The van der Waals surface area contributed by atoms with Crippen LogP contribution in [-0.2, 0) is 11.3 Å². The van der Waals surface area contributed by atoms with E-state index in [-0.39, 0.29) is 24.0 Å². The first-order valence-electron chi connectivity index (χ1n) is 8.99. The third-order valence-electron chi connectivity index (χ3n) is 4.63.